The predicted molar refractivity (Wildman–Crippen MR) is 91.9 cm³/mol. The summed E-state index contributed by atoms with van der Waals surface area (Å²) in [6.45, 7) is 0.654. The lowest BCUT2D eigenvalue weighted by Gasteiger charge is -2.20. The van der Waals surface area contributed by atoms with Crippen LogP contribution in [0.15, 0.2) is 40.6 Å². The van der Waals surface area contributed by atoms with Crippen molar-refractivity contribution in [2.45, 2.75) is 10.8 Å². The van der Waals surface area contributed by atoms with Crippen molar-refractivity contribution in [1.29, 1.82) is 10.8 Å². The van der Waals surface area contributed by atoms with E-state index in [9.17, 15) is 0 Å². The van der Waals surface area contributed by atoms with E-state index in [2.05, 4.69) is 0 Å². The van der Waals surface area contributed by atoms with Crippen LogP contribution in [0.2, 0.25) is 0 Å². The monoisotopic (exact) mass is 318 g/mol. The first-order valence-corrected chi connectivity index (χ1v) is 8.43. The average molecular weight is 318 g/mol. The molecule has 0 unspecified atom stereocenters. The Morgan fingerprint density at radius 1 is 1.29 bits per heavy atom. The minimum absolute atomic E-state index is 0.0214. The summed E-state index contributed by atoms with van der Waals surface area (Å²) in [6.07, 6.45) is 1.98. The Morgan fingerprint density at radius 3 is 2.52 bits per heavy atom. The molecule has 0 saturated carbocycles. The molecule has 0 fully saturated rings. The SMILES string of the molecule is CSc1cc(C(=N)N(C)Cc2ccccc2)c(C(=N)N)s1. The molecular weight excluding hydrogens is 300 g/mol. The fourth-order valence-electron chi connectivity index (χ4n) is 1.99. The maximum atomic E-state index is 8.38. The highest BCUT2D eigenvalue weighted by molar-refractivity contribution is 8.00. The molecule has 0 bridgehead atoms. The number of nitrogens with two attached hydrogens (primary N) is 1. The summed E-state index contributed by atoms with van der Waals surface area (Å²) in [7, 11) is 1.88. The number of hydrogen-bond acceptors (Lipinski definition) is 4. The molecule has 0 aliphatic carbocycles. The number of nitrogen functional groups attached to an aromatic ring is 1. The van der Waals surface area contributed by atoms with Gasteiger partial charge >= 0.3 is 0 Å². The van der Waals surface area contributed by atoms with Gasteiger partial charge in [-0.3, -0.25) is 10.8 Å². The molecule has 1 aromatic heterocycles. The first-order chi connectivity index (χ1) is 10.0. The largest absolute Gasteiger partial charge is 0.383 e. The third-order valence-electron chi connectivity index (χ3n) is 3.05. The molecule has 0 saturated heterocycles. The number of nitrogens with zero attached hydrogens (tertiary/aromatic N) is 1. The van der Waals surface area contributed by atoms with Crippen LogP contribution in [0, 0.1) is 10.8 Å². The van der Waals surface area contributed by atoms with Crippen molar-refractivity contribution in [3.8, 4) is 0 Å². The average Bonchev–Trinajstić information content (AvgIpc) is 2.92. The standard InChI is InChI=1S/C15H18N4S2/c1-19(9-10-6-4-3-5-7-10)15(18)11-8-12(20-2)21-13(11)14(16)17/h3-8,18H,9H2,1-2H3,(H3,16,17). The summed E-state index contributed by atoms with van der Waals surface area (Å²) in [6, 6.07) is 12.0. The molecule has 1 aromatic carbocycles. The fourth-order valence-corrected chi connectivity index (χ4v) is 3.56. The van der Waals surface area contributed by atoms with Gasteiger partial charge < -0.3 is 10.6 Å². The quantitative estimate of drug-likeness (QED) is 0.450. The zero-order valence-corrected chi connectivity index (χ0v) is 13.6. The van der Waals surface area contributed by atoms with Gasteiger partial charge in [0.1, 0.15) is 11.7 Å². The van der Waals surface area contributed by atoms with E-state index >= 15 is 0 Å². The summed E-state index contributed by atoms with van der Waals surface area (Å²) in [5, 5.41) is 16.1. The first kappa shape index (κ1) is 15.6. The van der Waals surface area contributed by atoms with Crippen molar-refractivity contribution in [3.05, 3.63) is 52.4 Å². The molecule has 6 heteroatoms. The Hall–Kier alpha value is -1.79. The second-order valence-corrected chi connectivity index (χ2v) is 6.77. The van der Waals surface area contributed by atoms with E-state index in [0.29, 0.717) is 17.3 Å². The molecule has 0 aliphatic rings. The van der Waals surface area contributed by atoms with Gasteiger partial charge in [-0.15, -0.1) is 23.1 Å². The second kappa shape index (κ2) is 6.78. The molecule has 2 rings (SSSR count). The maximum Gasteiger partial charge on any atom is 0.133 e. The van der Waals surface area contributed by atoms with E-state index in [1.165, 1.54) is 11.3 Å². The van der Waals surface area contributed by atoms with E-state index in [-0.39, 0.29) is 5.84 Å². The maximum absolute atomic E-state index is 8.38. The smallest absolute Gasteiger partial charge is 0.133 e. The molecule has 110 valence electrons. The highest BCUT2D eigenvalue weighted by Gasteiger charge is 2.18. The van der Waals surface area contributed by atoms with Gasteiger partial charge in [0.25, 0.3) is 0 Å². The van der Waals surface area contributed by atoms with Crippen LogP contribution in [0.5, 0.6) is 0 Å². The Bertz CT molecular complexity index is 649. The van der Waals surface area contributed by atoms with Crippen molar-refractivity contribution >= 4 is 34.8 Å². The lowest BCUT2D eigenvalue weighted by molar-refractivity contribution is 0.498. The van der Waals surface area contributed by atoms with Crippen LogP contribution < -0.4 is 5.73 Å². The molecule has 2 aromatic rings. The highest BCUT2D eigenvalue weighted by Crippen LogP contribution is 2.30. The highest BCUT2D eigenvalue weighted by atomic mass is 32.2. The summed E-state index contributed by atoms with van der Waals surface area (Å²) >= 11 is 3.07. The van der Waals surface area contributed by atoms with Crippen LogP contribution in [-0.4, -0.2) is 29.9 Å². The molecule has 0 spiro atoms. The van der Waals surface area contributed by atoms with Crippen molar-refractivity contribution in [3.63, 3.8) is 0 Å². The number of thiophene rings is 1. The zero-order valence-electron chi connectivity index (χ0n) is 12.0. The molecule has 0 atom stereocenters. The normalized spacial score (nSPS) is 10.4. The van der Waals surface area contributed by atoms with Crippen LogP contribution in [0.1, 0.15) is 16.0 Å². The van der Waals surface area contributed by atoms with Gasteiger partial charge in [0, 0.05) is 19.2 Å². The molecule has 21 heavy (non-hydrogen) atoms. The second-order valence-electron chi connectivity index (χ2n) is 4.62. The fraction of sp³-hybridized carbons (Fsp3) is 0.200. The lowest BCUT2D eigenvalue weighted by Crippen LogP contribution is -2.28. The Balaban J connectivity index is 2.23. The van der Waals surface area contributed by atoms with Gasteiger partial charge in [0.2, 0.25) is 0 Å². The summed E-state index contributed by atoms with van der Waals surface area (Å²) < 4.78 is 1.06. The molecule has 4 N–H and O–H groups in total. The molecule has 0 amide bonds. The predicted octanol–water partition coefficient (Wildman–Crippen LogP) is 3.21. The number of thioether (sulfide) groups is 1. The van der Waals surface area contributed by atoms with E-state index < -0.39 is 0 Å². The molecule has 0 radical (unpaired) electrons. The lowest BCUT2D eigenvalue weighted by atomic mass is 10.1. The number of amidine groups is 2. The van der Waals surface area contributed by atoms with Gasteiger partial charge in [0.05, 0.1) is 9.09 Å². The van der Waals surface area contributed by atoms with Crippen molar-refractivity contribution in [1.82, 2.24) is 4.90 Å². The minimum Gasteiger partial charge on any atom is -0.383 e. The minimum atomic E-state index is 0.0214. The van der Waals surface area contributed by atoms with Crippen LogP contribution in [0.4, 0.5) is 0 Å². The number of nitrogens with one attached hydrogen (secondary N) is 2. The Labute approximate surface area is 133 Å². The van der Waals surface area contributed by atoms with Gasteiger partial charge in [-0.25, -0.2) is 0 Å². The summed E-state index contributed by atoms with van der Waals surface area (Å²) in [4.78, 5) is 2.54. The topological polar surface area (TPSA) is 77.0 Å². The van der Waals surface area contributed by atoms with E-state index in [1.54, 1.807) is 11.8 Å². The van der Waals surface area contributed by atoms with E-state index in [1.807, 2.05) is 54.6 Å². The van der Waals surface area contributed by atoms with Crippen molar-refractivity contribution in [2.75, 3.05) is 13.3 Å². The Morgan fingerprint density at radius 2 is 1.95 bits per heavy atom. The molecule has 1 heterocycles. The number of rotatable bonds is 5. The molecule has 0 aliphatic heterocycles. The Kier molecular flexibility index (Phi) is 5.03. The van der Waals surface area contributed by atoms with Crippen LogP contribution >= 0.6 is 23.1 Å². The van der Waals surface area contributed by atoms with Gasteiger partial charge in [0.15, 0.2) is 0 Å². The van der Waals surface area contributed by atoms with Crippen molar-refractivity contribution in [2.24, 2.45) is 5.73 Å². The van der Waals surface area contributed by atoms with Crippen LogP contribution in [0.25, 0.3) is 0 Å². The summed E-state index contributed by atoms with van der Waals surface area (Å²) in [5.41, 5.74) is 7.52. The first-order valence-electron chi connectivity index (χ1n) is 6.39. The van der Waals surface area contributed by atoms with E-state index in [4.69, 9.17) is 16.6 Å². The number of hydrogen-bond donors (Lipinski definition) is 3. The van der Waals surface area contributed by atoms with Gasteiger partial charge in [-0.2, -0.15) is 0 Å². The van der Waals surface area contributed by atoms with E-state index in [0.717, 1.165) is 15.3 Å². The van der Waals surface area contributed by atoms with Crippen LogP contribution in [-0.2, 0) is 6.54 Å². The molecular formula is C15H18N4S2. The third-order valence-corrected chi connectivity index (χ3v) is 5.29. The van der Waals surface area contributed by atoms with Crippen molar-refractivity contribution < 1.29 is 0 Å². The third kappa shape index (κ3) is 3.65. The summed E-state index contributed by atoms with van der Waals surface area (Å²) in [5.74, 6) is 0.411. The zero-order chi connectivity index (χ0) is 15.4. The van der Waals surface area contributed by atoms with Gasteiger partial charge in [-0.05, 0) is 17.9 Å². The molecule has 4 nitrogen and oxygen atoms in total. The number of benzene rings is 1. The van der Waals surface area contributed by atoms with Gasteiger partial charge in [-0.1, -0.05) is 30.3 Å². The van der Waals surface area contributed by atoms with Crippen LogP contribution in [0.3, 0.4) is 0 Å².